The van der Waals surface area contributed by atoms with Gasteiger partial charge in [0.15, 0.2) is 5.96 Å². The van der Waals surface area contributed by atoms with E-state index < -0.39 is 0 Å². The molecule has 4 rings (SSSR count). The summed E-state index contributed by atoms with van der Waals surface area (Å²) in [4.78, 5) is 34.3. The Morgan fingerprint density at radius 1 is 1.10 bits per heavy atom. The van der Waals surface area contributed by atoms with Gasteiger partial charge in [-0.25, -0.2) is 0 Å². The van der Waals surface area contributed by atoms with Gasteiger partial charge in [0.1, 0.15) is 0 Å². The average molecular weight is 416 g/mol. The van der Waals surface area contributed by atoms with Crippen molar-refractivity contribution in [2.75, 3.05) is 45.8 Å². The normalized spacial score (nSPS) is 33.1. The van der Waals surface area contributed by atoms with Gasteiger partial charge in [-0.05, 0) is 63.5 Å². The number of amides is 2. The Hall–Kier alpha value is -1.89. The Morgan fingerprint density at radius 3 is 2.50 bits per heavy atom. The number of aliphatic imine (C=N–C) groups is 1. The molecule has 4 aliphatic rings. The third-order valence-corrected chi connectivity index (χ3v) is 7.17. The van der Waals surface area contributed by atoms with Gasteiger partial charge >= 0.3 is 0 Å². The third-order valence-electron chi connectivity index (χ3n) is 7.17. The molecule has 5 unspecified atom stereocenters. The van der Waals surface area contributed by atoms with Crippen LogP contribution in [0, 0.1) is 29.6 Å². The molecule has 0 aromatic heterocycles. The first-order valence-corrected chi connectivity index (χ1v) is 11.9. The van der Waals surface area contributed by atoms with Gasteiger partial charge in [0.25, 0.3) is 0 Å². The molecule has 2 bridgehead atoms. The highest BCUT2D eigenvalue weighted by atomic mass is 16.2. The van der Waals surface area contributed by atoms with E-state index in [0.717, 1.165) is 38.4 Å². The van der Waals surface area contributed by atoms with Crippen molar-refractivity contribution in [3.63, 3.8) is 0 Å². The maximum Gasteiger partial charge on any atom is 0.233 e. The summed E-state index contributed by atoms with van der Waals surface area (Å²) in [5.74, 6) is 1.99. The van der Waals surface area contributed by atoms with E-state index in [0.29, 0.717) is 19.0 Å². The molecule has 2 heterocycles. The van der Waals surface area contributed by atoms with Crippen molar-refractivity contribution in [3.8, 4) is 0 Å². The molecule has 30 heavy (non-hydrogen) atoms. The van der Waals surface area contributed by atoms with Gasteiger partial charge in [-0.15, -0.1) is 0 Å². The molecule has 7 heteroatoms. The van der Waals surface area contributed by atoms with E-state index in [2.05, 4.69) is 41.5 Å². The SMILES string of the molecule is CCCN1CCC(CN=C(NCC)NCCCN2C(=O)C3C4C=CC(C4)C3C2=O)C1. The van der Waals surface area contributed by atoms with Crippen LogP contribution in [0.15, 0.2) is 17.1 Å². The maximum absolute atomic E-state index is 12.8. The molecule has 2 aliphatic heterocycles. The van der Waals surface area contributed by atoms with Gasteiger partial charge in [0.2, 0.25) is 11.8 Å². The molecular formula is C23H37N5O2. The number of hydrogen-bond acceptors (Lipinski definition) is 4. The van der Waals surface area contributed by atoms with E-state index >= 15 is 0 Å². The first kappa shape index (κ1) is 21.3. The van der Waals surface area contributed by atoms with Gasteiger partial charge in [-0.3, -0.25) is 19.5 Å². The highest BCUT2D eigenvalue weighted by molar-refractivity contribution is 6.06. The Morgan fingerprint density at radius 2 is 1.83 bits per heavy atom. The standard InChI is InChI=1S/C23H37N5O2/c1-3-10-27-12-8-16(15-27)14-26-23(24-4-2)25-9-5-11-28-21(29)19-17-6-7-18(13-17)20(19)22(28)30/h6-7,16-20H,3-5,8-15H2,1-2H3,(H2,24,25,26). The molecule has 2 aliphatic carbocycles. The quantitative estimate of drug-likeness (QED) is 0.196. The maximum atomic E-state index is 12.8. The van der Waals surface area contributed by atoms with Crippen LogP contribution in [0.3, 0.4) is 0 Å². The van der Waals surface area contributed by atoms with Gasteiger partial charge < -0.3 is 15.5 Å². The molecule has 0 aromatic carbocycles. The van der Waals surface area contributed by atoms with Crippen molar-refractivity contribution in [2.24, 2.45) is 34.6 Å². The summed E-state index contributed by atoms with van der Waals surface area (Å²) in [6.07, 6.45) is 8.46. The van der Waals surface area contributed by atoms with Crippen LogP contribution in [0.1, 0.15) is 39.5 Å². The van der Waals surface area contributed by atoms with E-state index in [1.165, 1.54) is 30.8 Å². The second kappa shape index (κ2) is 9.50. The minimum absolute atomic E-state index is 0.0558. The van der Waals surface area contributed by atoms with Crippen LogP contribution in [0.2, 0.25) is 0 Å². The molecule has 0 aromatic rings. The smallest absolute Gasteiger partial charge is 0.233 e. The Balaban J connectivity index is 1.21. The largest absolute Gasteiger partial charge is 0.357 e. The van der Waals surface area contributed by atoms with E-state index in [1.807, 2.05) is 0 Å². The van der Waals surface area contributed by atoms with E-state index in [4.69, 9.17) is 4.99 Å². The molecule has 166 valence electrons. The lowest BCUT2D eigenvalue weighted by Crippen LogP contribution is -2.40. The van der Waals surface area contributed by atoms with E-state index in [-0.39, 0.29) is 35.5 Å². The molecular weight excluding hydrogens is 378 g/mol. The Kier molecular flexibility index (Phi) is 6.76. The molecule has 2 N–H and O–H groups in total. The monoisotopic (exact) mass is 415 g/mol. The summed E-state index contributed by atoms with van der Waals surface area (Å²) in [5, 5.41) is 6.69. The third kappa shape index (κ3) is 4.27. The summed E-state index contributed by atoms with van der Waals surface area (Å²) in [6.45, 7) is 10.7. The molecule has 2 amide bonds. The number of imide groups is 1. The predicted octanol–water partition coefficient (Wildman–Crippen LogP) is 1.47. The zero-order valence-corrected chi connectivity index (χ0v) is 18.5. The van der Waals surface area contributed by atoms with Crippen LogP contribution in [0.4, 0.5) is 0 Å². The van der Waals surface area contributed by atoms with Crippen LogP contribution in [-0.4, -0.2) is 73.4 Å². The second-order valence-electron chi connectivity index (χ2n) is 9.28. The second-order valence-corrected chi connectivity index (χ2v) is 9.28. The zero-order chi connectivity index (χ0) is 21.1. The number of carbonyl (C=O) groups is 2. The van der Waals surface area contributed by atoms with Gasteiger partial charge in [-0.1, -0.05) is 19.1 Å². The first-order chi connectivity index (χ1) is 14.6. The Bertz CT molecular complexity index is 676. The summed E-state index contributed by atoms with van der Waals surface area (Å²) < 4.78 is 0. The fourth-order valence-corrected chi connectivity index (χ4v) is 5.77. The molecule has 5 atom stereocenters. The molecule has 1 saturated carbocycles. The number of fused-ring (bicyclic) bond motifs is 5. The molecule has 7 nitrogen and oxygen atoms in total. The van der Waals surface area contributed by atoms with E-state index in [9.17, 15) is 9.59 Å². The van der Waals surface area contributed by atoms with Crippen LogP contribution in [-0.2, 0) is 9.59 Å². The molecule has 0 spiro atoms. The number of hydrogen-bond donors (Lipinski definition) is 2. The number of allylic oxidation sites excluding steroid dienone is 2. The number of likely N-dealkylation sites (tertiary alicyclic amines) is 2. The minimum atomic E-state index is -0.0852. The summed E-state index contributed by atoms with van der Waals surface area (Å²) in [6, 6.07) is 0. The fourth-order valence-electron chi connectivity index (χ4n) is 5.77. The van der Waals surface area contributed by atoms with Crippen LogP contribution >= 0.6 is 0 Å². The minimum Gasteiger partial charge on any atom is -0.357 e. The highest BCUT2D eigenvalue weighted by Crippen LogP contribution is 2.52. The lowest BCUT2D eigenvalue weighted by atomic mass is 9.85. The molecule has 2 saturated heterocycles. The van der Waals surface area contributed by atoms with Gasteiger partial charge in [0.05, 0.1) is 11.8 Å². The number of guanidine groups is 1. The zero-order valence-electron chi connectivity index (χ0n) is 18.5. The van der Waals surface area contributed by atoms with Crippen molar-refractivity contribution in [1.82, 2.24) is 20.4 Å². The van der Waals surface area contributed by atoms with Gasteiger partial charge in [-0.2, -0.15) is 0 Å². The van der Waals surface area contributed by atoms with Crippen LogP contribution in [0.25, 0.3) is 0 Å². The fraction of sp³-hybridized carbons (Fsp3) is 0.783. The van der Waals surface area contributed by atoms with E-state index in [1.54, 1.807) is 0 Å². The number of nitrogens with zero attached hydrogens (tertiary/aromatic N) is 3. The highest BCUT2D eigenvalue weighted by Gasteiger charge is 2.58. The first-order valence-electron chi connectivity index (χ1n) is 11.9. The van der Waals surface area contributed by atoms with Crippen molar-refractivity contribution >= 4 is 17.8 Å². The number of carbonyl (C=O) groups excluding carboxylic acids is 2. The molecule has 0 radical (unpaired) electrons. The average Bonchev–Trinajstić information content (AvgIpc) is 3.50. The van der Waals surface area contributed by atoms with Gasteiger partial charge in [0, 0.05) is 32.7 Å². The number of rotatable bonds is 9. The van der Waals surface area contributed by atoms with Crippen LogP contribution in [0.5, 0.6) is 0 Å². The van der Waals surface area contributed by atoms with Crippen molar-refractivity contribution in [2.45, 2.75) is 39.5 Å². The Labute approximate surface area is 180 Å². The van der Waals surface area contributed by atoms with Crippen molar-refractivity contribution < 1.29 is 9.59 Å². The van der Waals surface area contributed by atoms with Crippen molar-refractivity contribution in [1.29, 1.82) is 0 Å². The lowest BCUT2D eigenvalue weighted by Gasteiger charge is -2.18. The lowest BCUT2D eigenvalue weighted by molar-refractivity contribution is -0.140. The van der Waals surface area contributed by atoms with Crippen molar-refractivity contribution in [3.05, 3.63) is 12.2 Å². The summed E-state index contributed by atoms with van der Waals surface area (Å²) in [5.41, 5.74) is 0. The van der Waals surface area contributed by atoms with Crippen LogP contribution < -0.4 is 10.6 Å². The number of nitrogens with one attached hydrogen (secondary N) is 2. The summed E-state index contributed by atoms with van der Waals surface area (Å²) >= 11 is 0. The summed E-state index contributed by atoms with van der Waals surface area (Å²) in [7, 11) is 0. The predicted molar refractivity (Wildman–Crippen MR) is 118 cm³/mol. The molecule has 3 fully saturated rings. The topological polar surface area (TPSA) is 77.0 Å².